The molecule has 1 aromatic heterocycles. The molecule has 2 heterocycles. The van der Waals surface area contributed by atoms with Gasteiger partial charge in [-0.1, -0.05) is 0 Å². The Bertz CT molecular complexity index is 342. The highest BCUT2D eigenvalue weighted by atomic mass is 79.9. The van der Waals surface area contributed by atoms with Gasteiger partial charge in [-0.2, -0.15) is 5.26 Å². The van der Waals surface area contributed by atoms with Crippen LogP contribution in [0.25, 0.3) is 0 Å². The Labute approximate surface area is 84.9 Å². The average Bonchev–Trinajstić information content (AvgIpc) is 2.71. The molecule has 1 N–H and O–H groups in total. The van der Waals surface area contributed by atoms with Gasteiger partial charge in [0.25, 0.3) is 0 Å². The molecule has 1 fully saturated rings. The van der Waals surface area contributed by atoms with Gasteiger partial charge in [-0.05, 0) is 28.1 Å². The molecule has 0 spiro atoms. The van der Waals surface area contributed by atoms with Crippen molar-refractivity contribution in [3.63, 3.8) is 0 Å². The van der Waals surface area contributed by atoms with Crippen LogP contribution in [0.2, 0.25) is 0 Å². The van der Waals surface area contributed by atoms with E-state index in [1.54, 1.807) is 0 Å². The van der Waals surface area contributed by atoms with E-state index >= 15 is 0 Å². The second kappa shape index (κ2) is 3.52. The van der Waals surface area contributed by atoms with Crippen LogP contribution >= 0.6 is 15.9 Å². The van der Waals surface area contributed by atoms with Crippen LogP contribution in [0.4, 0.5) is 0 Å². The highest BCUT2D eigenvalue weighted by Gasteiger charge is 2.30. The number of rotatable bonds is 1. The van der Waals surface area contributed by atoms with Gasteiger partial charge in [-0.3, -0.25) is 0 Å². The van der Waals surface area contributed by atoms with Gasteiger partial charge in [0.2, 0.25) is 0 Å². The van der Waals surface area contributed by atoms with Crippen LogP contribution in [0.3, 0.4) is 0 Å². The molecule has 0 aromatic carbocycles. The van der Waals surface area contributed by atoms with Gasteiger partial charge in [0.15, 0.2) is 4.67 Å². The van der Waals surface area contributed by atoms with Gasteiger partial charge in [0, 0.05) is 19.0 Å². The Morgan fingerprint density at radius 1 is 1.54 bits per heavy atom. The molecule has 4 heteroatoms. The van der Waals surface area contributed by atoms with Gasteiger partial charge in [0.1, 0.15) is 5.76 Å². The van der Waals surface area contributed by atoms with Crippen molar-refractivity contribution in [3.8, 4) is 6.07 Å². The van der Waals surface area contributed by atoms with E-state index in [4.69, 9.17) is 9.68 Å². The molecule has 2 atom stereocenters. The molecule has 0 radical (unpaired) electrons. The molecule has 0 bridgehead atoms. The number of nitriles is 1. The van der Waals surface area contributed by atoms with E-state index in [1.807, 2.05) is 12.1 Å². The fourth-order valence-electron chi connectivity index (χ4n) is 1.64. The normalized spacial score (nSPS) is 27.4. The molecule has 1 aliphatic heterocycles. The highest BCUT2D eigenvalue weighted by Crippen LogP contribution is 2.30. The Hall–Kier alpha value is -0.790. The Morgan fingerprint density at radius 2 is 2.38 bits per heavy atom. The number of hydrogen-bond acceptors (Lipinski definition) is 3. The minimum atomic E-state index is 0.0399. The first-order valence-electron chi connectivity index (χ1n) is 4.17. The van der Waals surface area contributed by atoms with E-state index < -0.39 is 0 Å². The number of furan rings is 1. The monoisotopic (exact) mass is 240 g/mol. The van der Waals surface area contributed by atoms with Crippen LogP contribution in [-0.4, -0.2) is 13.1 Å². The molecule has 0 saturated carbocycles. The molecule has 0 aliphatic carbocycles. The van der Waals surface area contributed by atoms with Gasteiger partial charge < -0.3 is 9.73 Å². The van der Waals surface area contributed by atoms with Crippen LogP contribution in [0.15, 0.2) is 21.2 Å². The van der Waals surface area contributed by atoms with Crippen LogP contribution in [0, 0.1) is 17.2 Å². The molecule has 2 rings (SSSR count). The van der Waals surface area contributed by atoms with Crippen molar-refractivity contribution in [1.82, 2.24) is 5.32 Å². The third-order valence-electron chi connectivity index (χ3n) is 2.34. The maximum Gasteiger partial charge on any atom is 0.169 e. The molecular formula is C9H9BrN2O. The van der Waals surface area contributed by atoms with Crippen molar-refractivity contribution >= 4 is 15.9 Å². The molecule has 1 saturated heterocycles. The second-order valence-electron chi connectivity index (χ2n) is 3.14. The minimum Gasteiger partial charge on any atom is -0.454 e. The highest BCUT2D eigenvalue weighted by molar-refractivity contribution is 9.10. The van der Waals surface area contributed by atoms with E-state index in [0.717, 1.165) is 23.5 Å². The SMILES string of the molecule is N#C[C@H]1CNC[C@@H]1c1ccc(Br)o1. The largest absolute Gasteiger partial charge is 0.454 e. The summed E-state index contributed by atoms with van der Waals surface area (Å²) in [5.41, 5.74) is 0. The van der Waals surface area contributed by atoms with Crippen molar-refractivity contribution < 1.29 is 4.42 Å². The maximum absolute atomic E-state index is 8.86. The third-order valence-corrected chi connectivity index (χ3v) is 2.77. The quantitative estimate of drug-likeness (QED) is 0.816. The second-order valence-corrected chi connectivity index (χ2v) is 3.92. The van der Waals surface area contributed by atoms with Gasteiger partial charge in [0.05, 0.1) is 12.0 Å². The zero-order valence-corrected chi connectivity index (χ0v) is 8.54. The first kappa shape index (κ1) is 8.79. The van der Waals surface area contributed by atoms with Gasteiger partial charge >= 0.3 is 0 Å². The lowest BCUT2D eigenvalue weighted by atomic mass is 9.95. The molecular weight excluding hydrogens is 232 g/mol. The van der Waals surface area contributed by atoms with Crippen molar-refractivity contribution in [2.45, 2.75) is 5.92 Å². The van der Waals surface area contributed by atoms with E-state index in [0.29, 0.717) is 0 Å². The van der Waals surface area contributed by atoms with E-state index in [1.165, 1.54) is 0 Å². The van der Waals surface area contributed by atoms with Crippen molar-refractivity contribution in [3.05, 3.63) is 22.6 Å². The topological polar surface area (TPSA) is 49.0 Å². The predicted molar refractivity (Wildman–Crippen MR) is 51.1 cm³/mol. The number of hydrogen-bond donors (Lipinski definition) is 1. The number of nitrogens with one attached hydrogen (secondary N) is 1. The number of nitrogens with zero attached hydrogens (tertiary/aromatic N) is 1. The first-order chi connectivity index (χ1) is 6.31. The molecule has 68 valence electrons. The summed E-state index contributed by atoms with van der Waals surface area (Å²) in [5.74, 6) is 1.14. The fourth-order valence-corrected chi connectivity index (χ4v) is 1.96. The molecule has 0 unspecified atom stereocenters. The summed E-state index contributed by atoms with van der Waals surface area (Å²) in [6, 6.07) is 6.07. The summed E-state index contributed by atoms with van der Waals surface area (Å²) in [7, 11) is 0. The zero-order chi connectivity index (χ0) is 9.26. The van der Waals surface area contributed by atoms with Crippen molar-refractivity contribution in [2.24, 2.45) is 5.92 Å². The zero-order valence-electron chi connectivity index (χ0n) is 6.96. The summed E-state index contributed by atoms with van der Waals surface area (Å²) in [5, 5.41) is 12.0. The van der Waals surface area contributed by atoms with Gasteiger partial charge in [-0.15, -0.1) is 0 Å². The fraction of sp³-hybridized carbons (Fsp3) is 0.444. The average molecular weight is 241 g/mol. The van der Waals surface area contributed by atoms with Gasteiger partial charge in [-0.25, -0.2) is 0 Å². The van der Waals surface area contributed by atoms with Crippen LogP contribution in [-0.2, 0) is 0 Å². The molecule has 1 aliphatic rings. The first-order valence-corrected chi connectivity index (χ1v) is 4.96. The van der Waals surface area contributed by atoms with Crippen molar-refractivity contribution in [1.29, 1.82) is 5.26 Å². The Morgan fingerprint density at radius 3 is 3.00 bits per heavy atom. The summed E-state index contributed by atoms with van der Waals surface area (Å²) in [6.07, 6.45) is 0. The summed E-state index contributed by atoms with van der Waals surface area (Å²) < 4.78 is 6.15. The lowest BCUT2D eigenvalue weighted by Gasteiger charge is -2.07. The number of halogens is 1. The molecule has 3 nitrogen and oxygen atoms in total. The lowest BCUT2D eigenvalue weighted by molar-refractivity contribution is 0.436. The van der Waals surface area contributed by atoms with Crippen molar-refractivity contribution in [2.75, 3.05) is 13.1 Å². The Kier molecular flexibility index (Phi) is 2.38. The summed E-state index contributed by atoms with van der Waals surface area (Å²) >= 11 is 3.25. The lowest BCUT2D eigenvalue weighted by Crippen LogP contribution is -2.07. The van der Waals surface area contributed by atoms with E-state index in [2.05, 4.69) is 27.3 Å². The van der Waals surface area contributed by atoms with Crippen LogP contribution < -0.4 is 5.32 Å². The third kappa shape index (κ3) is 1.62. The van der Waals surface area contributed by atoms with E-state index in [-0.39, 0.29) is 11.8 Å². The maximum atomic E-state index is 8.86. The molecule has 13 heavy (non-hydrogen) atoms. The molecule has 1 aromatic rings. The minimum absolute atomic E-state index is 0.0399. The smallest absolute Gasteiger partial charge is 0.169 e. The predicted octanol–water partition coefficient (Wildman–Crippen LogP) is 1.87. The summed E-state index contributed by atoms with van der Waals surface area (Å²) in [6.45, 7) is 1.59. The van der Waals surface area contributed by atoms with E-state index in [9.17, 15) is 0 Å². The van der Waals surface area contributed by atoms with Crippen LogP contribution in [0.1, 0.15) is 11.7 Å². The summed E-state index contributed by atoms with van der Waals surface area (Å²) in [4.78, 5) is 0. The Balaban J connectivity index is 2.21. The standard InChI is InChI=1S/C9H9BrN2O/c10-9-2-1-8(13-9)7-5-12-4-6(7)3-11/h1-2,6-7,12H,4-5H2/t6-,7-/m0/s1. The molecule has 0 amide bonds. The van der Waals surface area contributed by atoms with Crippen LogP contribution in [0.5, 0.6) is 0 Å².